The van der Waals surface area contributed by atoms with E-state index in [1.165, 1.54) is 22.3 Å². The van der Waals surface area contributed by atoms with Crippen LogP contribution in [0, 0.1) is 13.8 Å². The molecule has 6 heteroatoms. The molecule has 0 bridgehead atoms. The third-order valence-corrected chi connectivity index (χ3v) is 7.18. The number of nitrogens with one attached hydrogen (secondary N) is 1. The average molecular weight is 505 g/mol. The van der Waals surface area contributed by atoms with E-state index in [4.69, 9.17) is 26.4 Å². The van der Waals surface area contributed by atoms with E-state index in [0.717, 1.165) is 35.7 Å². The normalized spacial score (nSPS) is 14.9. The molecule has 1 atom stereocenters. The first kappa shape index (κ1) is 25.8. The summed E-state index contributed by atoms with van der Waals surface area (Å²) in [7, 11) is 3.34. The number of thiocarbonyl (C=S) groups is 1. The van der Waals surface area contributed by atoms with Crippen molar-refractivity contribution in [3.63, 3.8) is 0 Å². The summed E-state index contributed by atoms with van der Waals surface area (Å²) in [6.45, 7) is 9.81. The molecule has 36 heavy (non-hydrogen) atoms. The van der Waals surface area contributed by atoms with Crippen LogP contribution in [0.3, 0.4) is 0 Å². The molecule has 0 aromatic heterocycles. The summed E-state index contributed by atoms with van der Waals surface area (Å²) in [6.07, 6.45) is 0.851. The van der Waals surface area contributed by atoms with Gasteiger partial charge in [0.25, 0.3) is 0 Å². The topological polar surface area (TPSA) is 43.0 Å². The van der Waals surface area contributed by atoms with E-state index < -0.39 is 0 Å². The second kappa shape index (κ2) is 11.2. The van der Waals surface area contributed by atoms with Crippen LogP contribution in [0.5, 0.6) is 17.2 Å². The van der Waals surface area contributed by atoms with E-state index in [-0.39, 0.29) is 6.04 Å². The van der Waals surface area contributed by atoms with Crippen molar-refractivity contribution in [2.45, 2.75) is 46.1 Å². The lowest BCUT2D eigenvalue weighted by Gasteiger charge is -2.39. The first-order valence-electron chi connectivity index (χ1n) is 12.4. The third kappa shape index (κ3) is 5.59. The number of ether oxygens (including phenoxy) is 3. The van der Waals surface area contributed by atoms with Crippen molar-refractivity contribution in [3.05, 3.63) is 82.4 Å². The van der Waals surface area contributed by atoms with Crippen molar-refractivity contribution in [2.75, 3.05) is 32.7 Å². The summed E-state index contributed by atoms with van der Waals surface area (Å²) in [6, 6.07) is 18.8. The SMILES string of the molecule is COc1cc2c(cc1OC)C(COc1ccc(C(C)C)cc1)N(C(=S)Nc1ccc(C)cc1C)CC2. The Kier molecular flexibility index (Phi) is 8.04. The molecule has 1 heterocycles. The van der Waals surface area contributed by atoms with Gasteiger partial charge in [-0.05, 0) is 91.0 Å². The van der Waals surface area contributed by atoms with Crippen LogP contribution in [0.15, 0.2) is 54.6 Å². The molecule has 3 aromatic carbocycles. The number of fused-ring (bicyclic) bond motifs is 1. The van der Waals surface area contributed by atoms with Crippen molar-refractivity contribution in [3.8, 4) is 17.2 Å². The molecule has 3 aromatic rings. The van der Waals surface area contributed by atoms with Crippen molar-refractivity contribution >= 4 is 23.0 Å². The van der Waals surface area contributed by atoms with Crippen LogP contribution in [0.4, 0.5) is 5.69 Å². The van der Waals surface area contributed by atoms with Crippen molar-refractivity contribution in [1.29, 1.82) is 0 Å². The molecule has 5 nitrogen and oxygen atoms in total. The highest BCUT2D eigenvalue weighted by Gasteiger charge is 2.31. The van der Waals surface area contributed by atoms with E-state index in [1.807, 2.05) is 12.1 Å². The molecule has 1 aliphatic heterocycles. The molecule has 0 aliphatic carbocycles. The Morgan fingerprint density at radius 1 is 1.00 bits per heavy atom. The molecule has 4 rings (SSSR count). The van der Waals surface area contributed by atoms with Crippen LogP contribution in [-0.4, -0.2) is 37.4 Å². The van der Waals surface area contributed by atoms with Crippen LogP contribution >= 0.6 is 12.2 Å². The Balaban J connectivity index is 1.63. The summed E-state index contributed by atoms with van der Waals surface area (Å²) in [5.41, 5.74) is 7.07. The lowest BCUT2D eigenvalue weighted by molar-refractivity contribution is 0.190. The van der Waals surface area contributed by atoms with Gasteiger partial charge < -0.3 is 24.4 Å². The zero-order valence-electron chi connectivity index (χ0n) is 22.1. The van der Waals surface area contributed by atoms with Gasteiger partial charge in [-0.1, -0.05) is 43.7 Å². The maximum Gasteiger partial charge on any atom is 0.174 e. The minimum atomic E-state index is -0.0796. The van der Waals surface area contributed by atoms with Gasteiger partial charge in [0.15, 0.2) is 16.6 Å². The van der Waals surface area contributed by atoms with Crippen LogP contribution in [0.2, 0.25) is 0 Å². The standard InChI is InChI=1S/C30H36N2O3S/c1-19(2)22-8-10-24(11-9-22)35-18-27-25-17-29(34-6)28(33-5)16-23(25)13-14-32(27)30(36)31-26-12-7-20(3)15-21(26)4/h7-12,15-17,19,27H,13-14,18H2,1-6H3,(H,31,36). The maximum absolute atomic E-state index is 6.34. The van der Waals surface area contributed by atoms with E-state index in [0.29, 0.717) is 23.4 Å². The van der Waals surface area contributed by atoms with Gasteiger partial charge in [0.05, 0.1) is 20.3 Å². The van der Waals surface area contributed by atoms with Gasteiger partial charge in [-0.2, -0.15) is 0 Å². The fourth-order valence-electron chi connectivity index (χ4n) is 4.72. The summed E-state index contributed by atoms with van der Waals surface area (Å²) in [5.74, 6) is 2.78. The predicted octanol–water partition coefficient (Wildman–Crippen LogP) is 6.82. The molecule has 0 saturated carbocycles. The highest BCUT2D eigenvalue weighted by Crippen LogP contribution is 2.39. The Bertz CT molecular complexity index is 1220. The van der Waals surface area contributed by atoms with Gasteiger partial charge >= 0.3 is 0 Å². The predicted molar refractivity (Wildman–Crippen MR) is 151 cm³/mol. The number of hydrogen-bond acceptors (Lipinski definition) is 4. The smallest absolute Gasteiger partial charge is 0.174 e. The molecule has 0 saturated heterocycles. The van der Waals surface area contributed by atoms with Crippen LogP contribution < -0.4 is 19.5 Å². The van der Waals surface area contributed by atoms with Crippen LogP contribution in [0.25, 0.3) is 0 Å². The Hall–Kier alpha value is -3.25. The van der Waals surface area contributed by atoms with Gasteiger partial charge in [-0.25, -0.2) is 0 Å². The van der Waals surface area contributed by atoms with Gasteiger partial charge in [-0.3, -0.25) is 0 Å². The molecule has 1 N–H and O–H groups in total. The second-order valence-corrected chi connectivity index (χ2v) is 10.0. The number of hydrogen-bond donors (Lipinski definition) is 1. The number of benzene rings is 3. The van der Waals surface area contributed by atoms with E-state index in [2.05, 4.69) is 80.4 Å². The molecule has 190 valence electrons. The first-order chi connectivity index (χ1) is 17.3. The maximum atomic E-state index is 6.34. The first-order valence-corrected chi connectivity index (χ1v) is 12.8. The van der Waals surface area contributed by atoms with Gasteiger partial charge in [0.2, 0.25) is 0 Å². The summed E-state index contributed by atoms with van der Waals surface area (Å²) in [4.78, 5) is 2.23. The Morgan fingerprint density at radius 3 is 2.33 bits per heavy atom. The summed E-state index contributed by atoms with van der Waals surface area (Å²) >= 11 is 5.94. The monoisotopic (exact) mass is 504 g/mol. The summed E-state index contributed by atoms with van der Waals surface area (Å²) in [5, 5.41) is 4.17. The minimum Gasteiger partial charge on any atom is -0.493 e. The molecule has 1 unspecified atom stereocenters. The number of methoxy groups -OCH3 is 2. The Labute approximate surface area is 220 Å². The zero-order chi connectivity index (χ0) is 25.8. The highest BCUT2D eigenvalue weighted by molar-refractivity contribution is 7.80. The quantitative estimate of drug-likeness (QED) is 0.356. The average Bonchev–Trinajstić information content (AvgIpc) is 2.88. The molecule has 1 aliphatic rings. The lowest BCUT2D eigenvalue weighted by atomic mass is 9.92. The van der Waals surface area contributed by atoms with E-state index in [9.17, 15) is 0 Å². The summed E-state index contributed by atoms with van der Waals surface area (Å²) < 4.78 is 17.5. The molecular weight excluding hydrogens is 468 g/mol. The Morgan fingerprint density at radius 2 is 1.69 bits per heavy atom. The molecular formula is C30H36N2O3S. The highest BCUT2D eigenvalue weighted by atomic mass is 32.1. The van der Waals surface area contributed by atoms with E-state index >= 15 is 0 Å². The molecule has 0 fully saturated rings. The fourth-order valence-corrected chi connectivity index (χ4v) is 5.04. The van der Waals surface area contributed by atoms with Gasteiger partial charge in [0, 0.05) is 12.2 Å². The number of rotatable bonds is 7. The number of nitrogens with zero attached hydrogens (tertiary/aromatic N) is 1. The van der Waals surface area contributed by atoms with E-state index in [1.54, 1.807) is 14.2 Å². The van der Waals surface area contributed by atoms with Crippen molar-refractivity contribution in [2.24, 2.45) is 0 Å². The van der Waals surface area contributed by atoms with Crippen LogP contribution in [-0.2, 0) is 6.42 Å². The number of anilines is 1. The number of aryl methyl sites for hydroxylation is 2. The molecule has 0 spiro atoms. The lowest BCUT2D eigenvalue weighted by Crippen LogP contribution is -2.44. The molecule has 0 amide bonds. The van der Waals surface area contributed by atoms with Gasteiger partial charge in [-0.15, -0.1) is 0 Å². The largest absolute Gasteiger partial charge is 0.493 e. The third-order valence-electron chi connectivity index (χ3n) is 6.84. The zero-order valence-corrected chi connectivity index (χ0v) is 22.9. The molecule has 0 radical (unpaired) electrons. The van der Waals surface area contributed by atoms with Gasteiger partial charge in [0.1, 0.15) is 12.4 Å². The fraction of sp³-hybridized carbons (Fsp3) is 0.367. The second-order valence-electron chi connectivity index (χ2n) is 9.65. The minimum absolute atomic E-state index is 0.0796. The van der Waals surface area contributed by atoms with Crippen molar-refractivity contribution < 1.29 is 14.2 Å². The van der Waals surface area contributed by atoms with Crippen molar-refractivity contribution in [1.82, 2.24) is 4.90 Å². The van der Waals surface area contributed by atoms with Crippen LogP contribution in [0.1, 0.15) is 53.6 Å².